The molecule has 0 aromatic rings. The van der Waals surface area contributed by atoms with Crippen LogP contribution in [0.4, 0.5) is 30.7 Å². The highest BCUT2D eigenvalue weighted by atomic mass is 31.1. The molecule has 0 rings (SSSR count). The van der Waals surface area contributed by atoms with Crippen LogP contribution in [0.25, 0.3) is 0 Å². The lowest BCUT2D eigenvalue weighted by atomic mass is 10.2. The Morgan fingerprint density at radius 2 is 1.50 bits per heavy atom. The highest BCUT2D eigenvalue weighted by molar-refractivity contribution is 7.33. The lowest BCUT2D eigenvalue weighted by molar-refractivity contribution is -0.311. The maximum Gasteiger partial charge on any atom is 0.700 e. The minimum absolute atomic E-state index is 0.648. The van der Waals surface area contributed by atoms with E-state index in [2.05, 4.69) is 9.05 Å². The molecule has 0 saturated heterocycles. The van der Waals surface area contributed by atoms with Gasteiger partial charge >= 0.3 is 32.9 Å². The Kier molecular flexibility index (Phi) is 5.09. The molecule has 0 N–H and O–H groups in total. The van der Waals surface area contributed by atoms with Crippen molar-refractivity contribution >= 4 is 8.25 Å². The molecule has 0 radical (unpaired) electrons. The maximum absolute atomic E-state index is 12.4. The van der Waals surface area contributed by atoms with Gasteiger partial charge in [-0.05, 0) is 0 Å². The van der Waals surface area contributed by atoms with Gasteiger partial charge in [0.2, 0.25) is 0 Å². The average molecular weight is 277 g/mol. The molecule has 0 amide bonds. The second-order valence-corrected chi connectivity index (χ2v) is 3.40. The van der Waals surface area contributed by atoms with Crippen molar-refractivity contribution < 1.29 is 44.3 Å². The first kappa shape index (κ1) is 15.5. The SMILES string of the molecule is CO[P+](=O)OC(F)C(F)(F)C(F)(F)C(F)F. The van der Waals surface area contributed by atoms with E-state index >= 15 is 0 Å². The predicted molar refractivity (Wildman–Crippen MR) is 36.5 cm³/mol. The Morgan fingerprint density at radius 1 is 1.06 bits per heavy atom. The molecule has 0 aliphatic rings. The summed E-state index contributed by atoms with van der Waals surface area (Å²) in [6, 6.07) is 0. The number of hydrogen-bond acceptors (Lipinski definition) is 3. The zero-order chi connectivity index (χ0) is 13.1. The number of hydrogen-bond donors (Lipinski definition) is 0. The molecule has 11 heteroatoms. The summed E-state index contributed by atoms with van der Waals surface area (Å²) < 4.78 is 102. The van der Waals surface area contributed by atoms with E-state index in [1.54, 1.807) is 0 Å². The normalized spacial score (nSPS) is 16.4. The van der Waals surface area contributed by atoms with E-state index in [4.69, 9.17) is 0 Å². The second kappa shape index (κ2) is 5.24. The van der Waals surface area contributed by atoms with E-state index in [9.17, 15) is 35.3 Å². The van der Waals surface area contributed by atoms with Gasteiger partial charge < -0.3 is 0 Å². The Bertz CT molecular complexity index is 258. The summed E-state index contributed by atoms with van der Waals surface area (Å²) in [7, 11) is -2.78. The third kappa shape index (κ3) is 3.02. The van der Waals surface area contributed by atoms with Crippen LogP contribution in [0.1, 0.15) is 0 Å². The minimum atomic E-state index is -5.95. The van der Waals surface area contributed by atoms with Crippen molar-refractivity contribution in [2.75, 3.05) is 7.11 Å². The third-order valence-corrected chi connectivity index (χ3v) is 1.99. The summed E-state index contributed by atoms with van der Waals surface area (Å²) in [5.74, 6) is -11.8. The summed E-state index contributed by atoms with van der Waals surface area (Å²) in [6.45, 7) is 0. The topological polar surface area (TPSA) is 35.5 Å². The summed E-state index contributed by atoms with van der Waals surface area (Å²) in [5.41, 5.74) is 0. The summed E-state index contributed by atoms with van der Waals surface area (Å²) >= 11 is 0. The van der Waals surface area contributed by atoms with Crippen molar-refractivity contribution in [1.29, 1.82) is 0 Å². The number of alkyl halides is 7. The van der Waals surface area contributed by atoms with Crippen LogP contribution >= 0.6 is 8.25 Å². The Balaban J connectivity index is 4.83. The molecule has 96 valence electrons. The van der Waals surface area contributed by atoms with Gasteiger partial charge in [-0.2, -0.15) is 17.6 Å². The minimum Gasteiger partial charge on any atom is -0.204 e. The highest BCUT2D eigenvalue weighted by Crippen LogP contribution is 2.45. The van der Waals surface area contributed by atoms with Gasteiger partial charge in [0.15, 0.2) is 0 Å². The molecule has 0 bridgehead atoms. The molecule has 0 heterocycles. The fourth-order valence-electron chi connectivity index (χ4n) is 0.482. The molecular weight excluding hydrogens is 272 g/mol. The van der Waals surface area contributed by atoms with Crippen LogP contribution in [0, 0.1) is 0 Å². The van der Waals surface area contributed by atoms with E-state index < -0.39 is 32.9 Å². The van der Waals surface area contributed by atoms with Crippen molar-refractivity contribution in [2.45, 2.75) is 24.6 Å². The van der Waals surface area contributed by atoms with Crippen molar-refractivity contribution in [3.05, 3.63) is 0 Å². The quantitative estimate of drug-likeness (QED) is 0.552. The molecule has 0 aliphatic heterocycles. The van der Waals surface area contributed by atoms with Crippen LogP contribution in [0.5, 0.6) is 0 Å². The standard InChI is InChI=1S/C5H5F7O3P/c1-14-16(13)15-3(8)5(11,12)4(9,10)2(6)7/h2-3H,1H3/q+1. The van der Waals surface area contributed by atoms with Gasteiger partial charge in [0.05, 0.1) is 7.11 Å². The first-order valence-electron chi connectivity index (χ1n) is 3.43. The van der Waals surface area contributed by atoms with E-state index in [0.717, 1.165) is 0 Å². The number of rotatable bonds is 6. The van der Waals surface area contributed by atoms with Crippen LogP contribution in [0.2, 0.25) is 0 Å². The zero-order valence-electron chi connectivity index (χ0n) is 7.47. The van der Waals surface area contributed by atoms with Crippen LogP contribution in [0.15, 0.2) is 0 Å². The fourth-order valence-corrected chi connectivity index (χ4v) is 0.851. The molecule has 2 unspecified atom stereocenters. The maximum atomic E-state index is 12.4. The van der Waals surface area contributed by atoms with E-state index in [1.165, 1.54) is 0 Å². The van der Waals surface area contributed by atoms with Gasteiger partial charge in [-0.1, -0.05) is 4.52 Å². The zero-order valence-corrected chi connectivity index (χ0v) is 8.37. The number of halogens is 7. The molecule has 0 saturated carbocycles. The molecule has 0 spiro atoms. The van der Waals surface area contributed by atoms with Gasteiger partial charge in [0.25, 0.3) is 0 Å². The largest absolute Gasteiger partial charge is 0.700 e. The van der Waals surface area contributed by atoms with Crippen molar-refractivity contribution in [2.24, 2.45) is 0 Å². The van der Waals surface area contributed by atoms with E-state index in [0.29, 0.717) is 7.11 Å². The lowest BCUT2D eigenvalue weighted by Gasteiger charge is -2.25. The van der Waals surface area contributed by atoms with Crippen LogP contribution < -0.4 is 0 Å². The Hall–Kier alpha value is -0.470. The molecular formula is C5H5F7O3P+. The van der Waals surface area contributed by atoms with Gasteiger partial charge in [-0.25, -0.2) is 13.2 Å². The summed E-state index contributed by atoms with van der Waals surface area (Å²) in [5, 5.41) is 0. The Labute approximate surface area is 85.5 Å². The van der Waals surface area contributed by atoms with Crippen molar-refractivity contribution in [1.82, 2.24) is 0 Å². The average Bonchev–Trinajstić information content (AvgIpc) is 2.16. The third-order valence-electron chi connectivity index (χ3n) is 1.33. The molecule has 0 aromatic heterocycles. The van der Waals surface area contributed by atoms with Crippen LogP contribution in [-0.4, -0.2) is 31.7 Å². The molecule has 16 heavy (non-hydrogen) atoms. The Morgan fingerprint density at radius 3 is 1.81 bits per heavy atom. The van der Waals surface area contributed by atoms with Gasteiger partial charge in [-0.15, -0.1) is 4.52 Å². The monoisotopic (exact) mass is 277 g/mol. The van der Waals surface area contributed by atoms with Gasteiger partial charge in [0.1, 0.15) is 0 Å². The van der Waals surface area contributed by atoms with E-state index in [-0.39, 0.29) is 0 Å². The summed E-state index contributed by atoms with van der Waals surface area (Å²) in [6.07, 6.45) is -8.98. The van der Waals surface area contributed by atoms with Gasteiger partial charge in [0, 0.05) is 4.57 Å². The van der Waals surface area contributed by atoms with Crippen LogP contribution in [-0.2, 0) is 13.6 Å². The fraction of sp³-hybridized carbons (Fsp3) is 1.00. The predicted octanol–water partition coefficient (Wildman–Crippen LogP) is 3.14. The molecule has 2 atom stereocenters. The first-order valence-corrected chi connectivity index (χ1v) is 4.53. The highest BCUT2D eigenvalue weighted by Gasteiger charge is 2.70. The molecule has 0 fully saturated rings. The van der Waals surface area contributed by atoms with E-state index in [1.807, 2.05) is 0 Å². The molecule has 0 aromatic carbocycles. The molecule has 3 nitrogen and oxygen atoms in total. The van der Waals surface area contributed by atoms with Crippen molar-refractivity contribution in [3.63, 3.8) is 0 Å². The van der Waals surface area contributed by atoms with Crippen molar-refractivity contribution in [3.8, 4) is 0 Å². The lowest BCUT2D eigenvalue weighted by Crippen LogP contribution is -2.52. The van der Waals surface area contributed by atoms with Gasteiger partial charge in [-0.3, -0.25) is 0 Å². The smallest absolute Gasteiger partial charge is 0.204 e. The molecule has 0 aliphatic carbocycles. The second-order valence-electron chi connectivity index (χ2n) is 2.37. The van der Waals surface area contributed by atoms with Crippen LogP contribution in [0.3, 0.4) is 0 Å². The summed E-state index contributed by atoms with van der Waals surface area (Å²) in [4.78, 5) is 0. The first-order chi connectivity index (χ1) is 7.07.